The highest BCUT2D eigenvalue weighted by molar-refractivity contribution is 4.70. The zero-order valence-electron chi connectivity index (χ0n) is 9.05. The molecule has 0 aliphatic rings. The lowest BCUT2D eigenvalue weighted by atomic mass is 10.2. The monoisotopic (exact) mass is 229 g/mol. The molecule has 0 radical (unpaired) electrons. The van der Waals surface area contributed by atoms with Crippen LogP contribution < -0.4 is 0 Å². The maximum Gasteiger partial charge on any atom is 0.401 e. The van der Waals surface area contributed by atoms with Crippen LogP contribution in [0.25, 0.3) is 0 Å². The van der Waals surface area contributed by atoms with Crippen molar-refractivity contribution in [2.75, 3.05) is 33.4 Å². The molecule has 0 aromatic carbocycles. The van der Waals surface area contributed by atoms with Gasteiger partial charge in [0, 0.05) is 26.3 Å². The van der Waals surface area contributed by atoms with E-state index in [-0.39, 0.29) is 19.2 Å². The number of halogens is 3. The summed E-state index contributed by atoms with van der Waals surface area (Å²) in [4.78, 5) is 1.21. The minimum absolute atomic E-state index is 0.0321. The summed E-state index contributed by atoms with van der Waals surface area (Å²) in [5.41, 5.74) is 0. The smallest absolute Gasteiger partial charge is 0.395 e. The third kappa shape index (κ3) is 7.58. The molecule has 0 aliphatic heterocycles. The number of hydrogen-bond acceptors (Lipinski definition) is 3. The molecule has 1 unspecified atom stereocenters. The van der Waals surface area contributed by atoms with Crippen molar-refractivity contribution in [1.82, 2.24) is 4.90 Å². The van der Waals surface area contributed by atoms with E-state index in [4.69, 9.17) is 9.84 Å². The topological polar surface area (TPSA) is 32.7 Å². The second kappa shape index (κ2) is 7.03. The van der Waals surface area contributed by atoms with E-state index in [0.717, 1.165) is 0 Å². The van der Waals surface area contributed by atoms with Gasteiger partial charge in [0.25, 0.3) is 0 Å². The largest absolute Gasteiger partial charge is 0.401 e. The third-order valence-electron chi connectivity index (χ3n) is 2.13. The fraction of sp³-hybridized carbons (Fsp3) is 1.00. The van der Waals surface area contributed by atoms with Gasteiger partial charge in [-0.25, -0.2) is 0 Å². The second-order valence-corrected chi connectivity index (χ2v) is 3.44. The van der Waals surface area contributed by atoms with Crippen LogP contribution in [-0.4, -0.2) is 55.6 Å². The number of alkyl halides is 3. The number of ether oxygens (including phenoxy) is 1. The van der Waals surface area contributed by atoms with E-state index >= 15 is 0 Å². The number of hydrogen-bond donors (Lipinski definition) is 1. The van der Waals surface area contributed by atoms with Crippen molar-refractivity contribution in [2.24, 2.45) is 0 Å². The van der Waals surface area contributed by atoms with Gasteiger partial charge in [-0.15, -0.1) is 0 Å². The molecule has 3 nitrogen and oxygen atoms in total. The Hall–Kier alpha value is -0.330. The van der Waals surface area contributed by atoms with E-state index in [0.29, 0.717) is 13.0 Å². The van der Waals surface area contributed by atoms with Crippen LogP contribution in [0.5, 0.6) is 0 Å². The molecule has 0 fully saturated rings. The predicted octanol–water partition coefficient (Wildman–Crippen LogP) is 1.27. The van der Waals surface area contributed by atoms with Crippen LogP contribution in [0.15, 0.2) is 0 Å². The summed E-state index contributed by atoms with van der Waals surface area (Å²) >= 11 is 0. The first-order valence-electron chi connectivity index (χ1n) is 4.81. The molecule has 0 spiro atoms. The number of aliphatic hydroxyl groups excluding tert-OH is 1. The van der Waals surface area contributed by atoms with Crippen LogP contribution in [0, 0.1) is 0 Å². The molecule has 1 N–H and O–H groups in total. The zero-order valence-corrected chi connectivity index (χ0v) is 9.05. The highest BCUT2D eigenvalue weighted by Gasteiger charge is 2.32. The number of nitrogens with zero attached hydrogens (tertiary/aromatic N) is 1. The van der Waals surface area contributed by atoms with Gasteiger partial charge in [-0.2, -0.15) is 13.2 Å². The summed E-state index contributed by atoms with van der Waals surface area (Å²) in [5, 5.41) is 8.67. The van der Waals surface area contributed by atoms with Gasteiger partial charge in [-0.05, 0) is 13.3 Å². The Balaban J connectivity index is 4.12. The summed E-state index contributed by atoms with van der Waals surface area (Å²) in [6.07, 6.45) is -3.71. The molecular formula is C9H18F3NO2. The first kappa shape index (κ1) is 14.7. The summed E-state index contributed by atoms with van der Waals surface area (Å²) in [7, 11) is 1.51. The van der Waals surface area contributed by atoms with E-state index in [1.807, 2.05) is 0 Å². The van der Waals surface area contributed by atoms with Gasteiger partial charge in [0.2, 0.25) is 0 Å². The van der Waals surface area contributed by atoms with Crippen molar-refractivity contribution in [3.05, 3.63) is 0 Å². The molecule has 0 saturated carbocycles. The molecule has 0 amide bonds. The normalized spacial score (nSPS) is 14.6. The molecule has 0 aliphatic carbocycles. The van der Waals surface area contributed by atoms with Gasteiger partial charge in [-0.1, -0.05) is 0 Å². The summed E-state index contributed by atoms with van der Waals surface area (Å²) in [6, 6.07) is -0.251. The Morgan fingerprint density at radius 1 is 1.40 bits per heavy atom. The van der Waals surface area contributed by atoms with Crippen molar-refractivity contribution in [3.63, 3.8) is 0 Å². The maximum absolute atomic E-state index is 12.2. The minimum atomic E-state index is -4.23. The van der Waals surface area contributed by atoms with Crippen molar-refractivity contribution >= 4 is 0 Å². The van der Waals surface area contributed by atoms with E-state index in [1.165, 1.54) is 12.0 Å². The molecule has 0 rings (SSSR count). The average Bonchev–Trinajstić information content (AvgIpc) is 2.11. The average molecular weight is 229 g/mol. The van der Waals surface area contributed by atoms with Crippen molar-refractivity contribution < 1.29 is 23.0 Å². The molecule has 0 aromatic rings. The Kier molecular flexibility index (Phi) is 6.87. The lowest BCUT2D eigenvalue weighted by molar-refractivity contribution is -0.151. The Labute approximate surface area is 87.8 Å². The highest BCUT2D eigenvalue weighted by Crippen LogP contribution is 2.18. The van der Waals surface area contributed by atoms with Crippen LogP contribution in [0.1, 0.15) is 13.3 Å². The highest BCUT2D eigenvalue weighted by atomic mass is 19.4. The van der Waals surface area contributed by atoms with E-state index in [1.54, 1.807) is 6.92 Å². The third-order valence-corrected chi connectivity index (χ3v) is 2.13. The molecule has 0 aromatic heterocycles. The maximum atomic E-state index is 12.2. The lowest BCUT2D eigenvalue weighted by Crippen LogP contribution is -2.42. The minimum Gasteiger partial charge on any atom is -0.395 e. The quantitative estimate of drug-likeness (QED) is 0.713. The fourth-order valence-electron chi connectivity index (χ4n) is 1.28. The van der Waals surface area contributed by atoms with Crippen LogP contribution in [-0.2, 0) is 4.74 Å². The lowest BCUT2D eigenvalue weighted by Gasteiger charge is -2.29. The van der Waals surface area contributed by atoms with Gasteiger partial charge in [-0.3, -0.25) is 4.90 Å². The first-order valence-corrected chi connectivity index (χ1v) is 4.81. The number of aliphatic hydroxyl groups is 1. The van der Waals surface area contributed by atoms with Crippen molar-refractivity contribution in [2.45, 2.75) is 25.6 Å². The van der Waals surface area contributed by atoms with Crippen LogP contribution in [0.4, 0.5) is 13.2 Å². The van der Waals surface area contributed by atoms with Gasteiger partial charge < -0.3 is 9.84 Å². The SMILES string of the molecule is COCCC(C)N(CCO)CC(F)(F)F. The van der Waals surface area contributed by atoms with Gasteiger partial charge in [0.1, 0.15) is 0 Å². The predicted molar refractivity (Wildman–Crippen MR) is 50.7 cm³/mol. The van der Waals surface area contributed by atoms with E-state index < -0.39 is 12.7 Å². The zero-order chi connectivity index (χ0) is 11.9. The second-order valence-electron chi connectivity index (χ2n) is 3.44. The Bertz CT molecular complexity index is 164. The summed E-state index contributed by atoms with van der Waals surface area (Å²) in [5.74, 6) is 0. The standard InChI is InChI=1S/C9H18F3NO2/c1-8(3-6-15-2)13(4-5-14)7-9(10,11)12/h8,14H,3-7H2,1-2H3. The molecule has 0 bridgehead atoms. The van der Waals surface area contributed by atoms with Crippen molar-refractivity contribution in [1.29, 1.82) is 0 Å². The van der Waals surface area contributed by atoms with E-state index in [2.05, 4.69) is 0 Å². The number of rotatable bonds is 7. The van der Waals surface area contributed by atoms with E-state index in [9.17, 15) is 13.2 Å². The Morgan fingerprint density at radius 3 is 2.40 bits per heavy atom. The molecule has 15 heavy (non-hydrogen) atoms. The van der Waals surface area contributed by atoms with Crippen molar-refractivity contribution in [3.8, 4) is 0 Å². The van der Waals surface area contributed by atoms with Gasteiger partial charge in [0.15, 0.2) is 0 Å². The van der Waals surface area contributed by atoms with Gasteiger partial charge >= 0.3 is 6.18 Å². The summed E-state index contributed by atoms with van der Waals surface area (Å²) < 4.78 is 41.3. The molecular weight excluding hydrogens is 211 g/mol. The number of methoxy groups -OCH3 is 1. The van der Waals surface area contributed by atoms with Crippen LogP contribution in [0.3, 0.4) is 0 Å². The Morgan fingerprint density at radius 2 is 2.00 bits per heavy atom. The first-order chi connectivity index (χ1) is 6.90. The molecule has 6 heteroatoms. The van der Waals surface area contributed by atoms with Gasteiger partial charge in [0.05, 0.1) is 13.2 Å². The molecule has 0 heterocycles. The van der Waals surface area contributed by atoms with Crippen LogP contribution >= 0.6 is 0 Å². The molecule has 1 atom stereocenters. The summed E-state index contributed by atoms with van der Waals surface area (Å²) in [6.45, 7) is 0.887. The van der Waals surface area contributed by atoms with Crippen LogP contribution in [0.2, 0.25) is 0 Å². The molecule has 92 valence electrons. The fourth-order valence-corrected chi connectivity index (χ4v) is 1.28. The molecule has 0 saturated heterocycles.